The molecule has 3 N–H and O–H groups in total. The van der Waals surface area contributed by atoms with Crippen LogP contribution in [0.3, 0.4) is 0 Å². The van der Waals surface area contributed by atoms with E-state index in [4.69, 9.17) is 9.97 Å². The van der Waals surface area contributed by atoms with Gasteiger partial charge in [0.05, 0.1) is 28.6 Å². The van der Waals surface area contributed by atoms with Gasteiger partial charge in [-0.15, -0.1) is 0 Å². The Morgan fingerprint density at radius 2 is 1.79 bits per heavy atom. The average Bonchev–Trinajstić information content (AvgIpc) is 3.73. The predicted octanol–water partition coefficient (Wildman–Crippen LogP) is 5.89. The highest BCUT2D eigenvalue weighted by Gasteiger charge is 2.23. The maximum absolute atomic E-state index is 14.5. The maximum atomic E-state index is 14.5. The van der Waals surface area contributed by atoms with Gasteiger partial charge in [-0.05, 0) is 49.2 Å². The molecule has 0 atom stereocenters. The Kier molecular flexibility index (Phi) is 5.58. The molecule has 0 saturated heterocycles. The number of amides is 1. The van der Waals surface area contributed by atoms with Gasteiger partial charge in [-0.25, -0.2) is 14.4 Å². The quantitative estimate of drug-likeness (QED) is 0.261. The van der Waals surface area contributed by atoms with Crippen LogP contribution in [0, 0.1) is 11.7 Å². The third-order valence-corrected chi connectivity index (χ3v) is 7.19. The average molecular weight is 519 g/mol. The first kappa shape index (κ1) is 23.2. The van der Waals surface area contributed by atoms with Gasteiger partial charge < -0.3 is 10.3 Å². The molecule has 6 aromatic rings. The maximum Gasteiger partial charge on any atom is 0.227 e. The summed E-state index contributed by atoms with van der Waals surface area (Å²) in [5.41, 5.74) is 6.05. The van der Waals surface area contributed by atoms with Gasteiger partial charge in [-0.3, -0.25) is 19.9 Å². The number of rotatable bonds is 5. The minimum atomic E-state index is -0.367. The molecular formula is C29H23FN8O. The van der Waals surface area contributed by atoms with Crippen molar-refractivity contribution in [2.45, 2.75) is 25.7 Å². The Hall–Kier alpha value is -4.99. The van der Waals surface area contributed by atoms with Crippen molar-refractivity contribution in [1.29, 1.82) is 0 Å². The molecule has 1 saturated carbocycles. The van der Waals surface area contributed by atoms with Crippen molar-refractivity contribution in [2.24, 2.45) is 5.92 Å². The first-order chi connectivity index (χ1) is 19.1. The number of nitrogens with zero attached hydrogens (tertiary/aromatic N) is 5. The second kappa shape index (κ2) is 9.39. The number of nitrogens with one attached hydrogen (secondary N) is 3. The standard InChI is InChI=1S/C29H23FN8O/c30-20-8-4-3-7-19(20)24-25-22(11-12-32-24)35-28(36-25)27-26-23(37-38-27)10-9-21(34-26)17-13-18(15-31-14-17)33-29(39)16-5-1-2-6-16/h3-4,7-16H,1-2,5-6H2,(H,33,39)(H,35,36)(H,37,38). The first-order valence-electron chi connectivity index (χ1n) is 12.9. The molecule has 1 aliphatic rings. The van der Waals surface area contributed by atoms with Gasteiger partial charge in [0.25, 0.3) is 0 Å². The highest BCUT2D eigenvalue weighted by Crippen LogP contribution is 2.32. The largest absolute Gasteiger partial charge is 0.336 e. The molecule has 0 bridgehead atoms. The number of aromatic nitrogens is 7. The minimum absolute atomic E-state index is 0.0427. The normalized spacial score (nSPS) is 13.9. The third-order valence-electron chi connectivity index (χ3n) is 7.19. The van der Waals surface area contributed by atoms with Gasteiger partial charge in [0.15, 0.2) is 11.5 Å². The Morgan fingerprint density at radius 3 is 2.67 bits per heavy atom. The van der Waals surface area contributed by atoms with E-state index < -0.39 is 0 Å². The molecule has 1 fully saturated rings. The Balaban J connectivity index is 1.25. The fraction of sp³-hybridized carbons (Fsp3) is 0.172. The molecule has 5 heterocycles. The summed E-state index contributed by atoms with van der Waals surface area (Å²) >= 11 is 0. The van der Waals surface area contributed by atoms with Crippen LogP contribution in [-0.2, 0) is 4.79 Å². The molecule has 39 heavy (non-hydrogen) atoms. The monoisotopic (exact) mass is 518 g/mol. The van der Waals surface area contributed by atoms with Crippen LogP contribution in [0.25, 0.3) is 56.1 Å². The second-order valence-electron chi connectivity index (χ2n) is 9.72. The van der Waals surface area contributed by atoms with Gasteiger partial charge in [0.1, 0.15) is 22.5 Å². The van der Waals surface area contributed by atoms with E-state index in [0.717, 1.165) is 36.8 Å². The lowest BCUT2D eigenvalue weighted by Gasteiger charge is -2.11. The summed E-state index contributed by atoms with van der Waals surface area (Å²) in [6.45, 7) is 0. The molecule has 1 aliphatic carbocycles. The number of aromatic amines is 2. The number of benzene rings is 1. The number of hydrogen-bond acceptors (Lipinski definition) is 6. The van der Waals surface area contributed by atoms with Crippen LogP contribution in [-0.4, -0.2) is 41.0 Å². The Labute approximate surface area is 222 Å². The van der Waals surface area contributed by atoms with Crippen LogP contribution in [0.1, 0.15) is 25.7 Å². The van der Waals surface area contributed by atoms with E-state index in [1.54, 1.807) is 42.9 Å². The summed E-state index contributed by atoms with van der Waals surface area (Å²) in [4.78, 5) is 34.2. The van der Waals surface area contributed by atoms with Gasteiger partial charge in [-0.2, -0.15) is 5.10 Å². The molecule has 1 aromatic carbocycles. The molecular weight excluding hydrogens is 495 g/mol. The van der Waals surface area contributed by atoms with Crippen molar-refractivity contribution in [2.75, 3.05) is 5.32 Å². The van der Waals surface area contributed by atoms with Crippen LogP contribution >= 0.6 is 0 Å². The van der Waals surface area contributed by atoms with E-state index >= 15 is 0 Å². The van der Waals surface area contributed by atoms with Crippen molar-refractivity contribution < 1.29 is 9.18 Å². The lowest BCUT2D eigenvalue weighted by molar-refractivity contribution is -0.119. The van der Waals surface area contributed by atoms with Gasteiger partial charge in [0.2, 0.25) is 5.91 Å². The SMILES string of the molecule is O=C(Nc1cncc(-c2ccc3[nH]nc(-c4nc5c(-c6ccccc6F)nccc5[nH]4)c3n2)c1)C1CCCC1. The van der Waals surface area contributed by atoms with Crippen molar-refractivity contribution in [3.8, 4) is 34.0 Å². The number of hydrogen-bond donors (Lipinski definition) is 3. The lowest BCUT2D eigenvalue weighted by atomic mass is 10.1. The minimum Gasteiger partial charge on any atom is -0.336 e. The molecule has 5 aromatic heterocycles. The molecule has 10 heteroatoms. The molecule has 192 valence electrons. The van der Waals surface area contributed by atoms with Crippen LogP contribution in [0.15, 0.2) is 67.1 Å². The predicted molar refractivity (Wildman–Crippen MR) is 146 cm³/mol. The van der Waals surface area contributed by atoms with E-state index in [0.29, 0.717) is 50.7 Å². The fourth-order valence-electron chi connectivity index (χ4n) is 5.20. The van der Waals surface area contributed by atoms with Gasteiger partial charge in [0, 0.05) is 29.4 Å². The Morgan fingerprint density at radius 1 is 0.949 bits per heavy atom. The van der Waals surface area contributed by atoms with E-state index in [2.05, 4.69) is 30.5 Å². The van der Waals surface area contributed by atoms with Crippen molar-refractivity contribution >= 4 is 33.7 Å². The zero-order valence-corrected chi connectivity index (χ0v) is 20.8. The summed E-state index contributed by atoms with van der Waals surface area (Å²) in [6, 6.07) is 13.9. The summed E-state index contributed by atoms with van der Waals surface area (Å²) in [5, 5.41) is 10.5. The molecule has 1 amide bonds. The summed E-state index contributed by atoms with van der Waals surface area (Å²) in [6.07, 6.45) is 9.04. The van der Waals surface area contributed by atoms with Crippen LogP contribution < -0.4 is 5.32 Å². The molecule has 7 rings (SSSR count). The second-order valence-corrected chi connectivity index (χ2v) is 9.72. The highest BCUT2D eigenvalue weighted by molar-refractivity contribution is 5.96. The number of pyridine rings is 3. The van der Waals surface area contributed by atoms with Gasteiger partial charge >= 0.3 is 0 Å². The molecule has 0 radical (unpaired) electrons. The van der Waals surface area contributed by atoms with E-state index in [1.807, 2.05) is 18.2 Å². The molecule has 9 nitrogen and oxygen atoms in total. The fourth-order valence-corrected chi connectivity index (χ4v) is 5.20. The van der Waals surface area contributed by atoms with Crippen molar-refractivity contribution in [3.05, 3.63) is 72.9 Å². The zero-order chi connectivity index (χ0) is 26.3. The molecule has 0 aliphatic heterocycles. The summed E-state index contributed by atoms with van der Waals surface area (Å²) in [5.74, 6) is 0.228. The highest BCUT2D eigenvalue weighted by atomic mass is 19.1. The van der Waals surface area contributed by atoms with Crippen molar-refractivity contribution in [1.82, 2.24) is 35.1 Å². The zero-order valence-electron chi connectivity index (χ0n) is 20.8. The number of carbonyl (C=O) groups excluding carboxylic acids is 1. The van der Waals surface area contributed by atoms with Crippen molar-refractivity contribution in [3.63, 3.8) is 0 Å². The van der Waals surface area contributed by atoms with Gasteiger partial charge in [-0.1, -0.05) is 25.0 Å². The Bertz CT molecular complexity index is 1850. The molecule has 0 spiro atoms. The number of imidazole rings is 1. The number of H-pyrrole nitrogens is 2. The van der Waals surface area contributed by atoms with Crippen LogP contribution in [0.2, 0.25) is 0 Å². The summed E-state index contributed by atoms with van der Waals surface area (Å²) in [7, 11) is 0. The first-order valence-corrected chi connectivity index (χ1v) is 12.9. The number of halogens is 1. The number of anilines is 1. The molecule has 0 unspecified atom stereocenters. The van der Waals surface area contributed by atoms with E-state index in [-0.39, 0.29) is 17.6 Å². The van der Waals surface area contributed by atoms with E-state index in [9.17, 15) is 9.18 Å². The lowest BCUT2D eigenvalue weighted by Crippen LogP contribution is -2.20. The topological polar surface area (TPSA) is 125 Å². The summed E-state index contributed by atoms with van der Waals surface area (Å²) < 4.78 is 14.5. The number of carbonyl (C=O) groups is 1. The third kappa shape index (κ3) is 4.19. The van der Waals surface area contributed by atoms with Crippen LogP contribution in [0.5, 0.6) is 0 Å². The van der Waals surface area contributed by atoms with Crippen LogP contribution in [0.4, 0.5) is 10.1 Å². The van der Waals surface area contributed by atoms with E-state index in [1.165, 1.54) is 6.07 Å². The smallest absolute Gasteiger partial charge is 0.227 e. The number of fused-ring (bicyclic) bond motifs is 2.